The number of fused-ring (bicyclic) bond motifs is 1. The van der Waals surface area contributed by atoms with Crippen LogP contribution in [0.15, 0.2) is 73.8 Å². The van der Waals surface area contributed by atoms with Crippen molar-refractivity contribution < 1.29 is 38.0 Å². The van der Waals surface area contributed by atoms with Gasteiger partial charge >= 0.3 is 11.9 Å². The van der Waals surface area contributed by atoms with Crippen molar-refractivity contribution in [1.29, 1.82) is 0 Å². The summed E-state index contributed by atoms with van der Waals surface area (Å²) in [4.78, 5) is 25.3. The zero-order chi connectivity index (χ0) is 23.9. The fraction of sp³-hybridized carbons (Fsp3) is 0.308. The van der Waals surface area contributed by atoms with Crippen LogP contribution in [0.1, 0.15) is 20.7 Å². The summed E-state index contributed by atoms with van der Waals surface area (Å²) in [5, 5.41) is 0. The van der Waals surface area contributed by atoms with Crippen LogP contribution in [0.3, 0.4) is 0 Å². The predicted octanol–water partition coefficient (Wildman–Crippen LogP) is 3.36. The summed E-state index contributed by atoms with van der Waals surface area (Å²) in [7, 11) is 0. The first-order chi connectivity index (χ1) is 16.6. The van der Waals surface area contributed by atoms with Gasteiger partial charge in [-0.05, 0) is 36.4 Å². The minimum atomic E-state index is -0.616. The van der Waals surface area contributed by atoms with E-state index in [0.29, 0.717) is 35.8 Å². The molecule has 2 heterocycles. The number of benzene rings is 2. The van der Waals surface area contributed by atoms with Crippen molar-refractivity contribution >= 4 is 11.9 Å². The van der Waals surface area contributed by atoms with E-state index >= 15 is 0 Å². The molecule has 0 bridgehead atoms. The molecule has 8 nitrogen and oxygen atoms in total. The average molecular weight is 466 g/mol. The Morgan fingerprint density at radius 1 is 0.794 bits per heavy atom. The van der Waals surface area contributed by atoms with Crippen molar-refractivity contribution in [3.63, 3.8) is 0 Å². The van der Waals surface area contributed by atoms with Crippen molar-refractivity contribution in [3.8, 4) is 11.5 Å². The summed E-state index contributed by atoms with van der Waals surface area (Å²) in [6.07, 6.45) is 0.960. The third-order valence-corrected chi connectivity index (χ3v) is 5.35. The summed E-state index contributed by atoms with van der Waals surface area (Å²) < 4.78 is 33.7. The van der Waals surface area contributed by atoms with E-state index < -0.39 is 36.4 Å². The fourth-order valence-electron chi connectivity index (χ4n) is 3.78. The Balaban J connectivity index is 1.34. The van der Waals surface area contributed by atoms with E-state index in [1.54, 1.807) is 60.7 Å². The number of hydrogen-bond donors (Lipinski definition) is 0. The highest BCUT2D eigenvalue weighted by Gasteiger charge is 2.51. The van der Waals surface area contributed by atoms with Gasteiger partial charge in [0, 0.05) is 0 Å². The molecular weight excluding hydrogens is 440 g/mol. The van der Waals surface area contributed by atoms with Gasteiger partial charge in [0.05, 0.1) is 24.3 Å². The highest BCUT2D eigenvalue weighted by Crippen LogP contribution is 2.32. The van der Waals surface area contributed by atoms with Crippen LogP contribution < -0.4 is 9.47 Å². The highest BCUT2D eigenvalue weighted by atomic mass is 16.7. The second-order valence-electron chi connectivity index (χ2n) is 7.74. The van der Waals surface area contributed by atoms with E-state index in [4.69, 9.17) is 28.4 Å². The minimum absolute atomic E-state index is 0.145. The van der Waals surface area contributed by atoms with Crippen LogP contribution in [-0.4, -0.2) is 62.8 Å². The standard InChI is InChI=1S/C26H26O8/c1-3-11-29-19-9-5-7-17(13-19)25(27)33-21-15-31-24-22(16-32-23(21)24)34-26(28)18-8-6-10-20(14-18)30-12-4-2/h3-10,13-14,21-24H,1-2,11-12,15-16H2/t21-,22+,23-,24-/m1/s1. The van der Waals surface area contributed by atoms with Gasteiger partial charge in [-0.25, -0.2) is 9.59 Å². The van der Waals surface area contributed by atoms with Crippen molar-refractivity contribution in [2.75, 3.05) is 26.4 Å². The monoisotopic (exact) mass is 466 g/mol. The molecule has 0 saturated carbocycles. The maximum Gasteiger partial charge on any atom is 0.338 e. The predicted molar refractivity (Wildman–Crippen MR) is 122 cm³/mol. The van der Waals surface area contributed by atoms with Gasteiger partial charge in [-0.2, -0.15) is 0 Å². The topological polar surface area (TPSA) is 89.5 Å². The number of hydrogen-bond acceptors (Lipinski definition) is 8. The average Bonchev–Trinajstić information content (AvgIpc) is 3.45. The van der Waals surface area contributed by atoms with Crippen molar-refractivity contribution in [3.05, 3.63) is 85.0 Å². The second kappa shape index (κ2) is 11.0. The lowest BCUT2D eigenvalue weighted by molar-refractivity contribution is -0.0287. The molecule has 2 aliphatic rings. The number of carbonyl (C=O) groups excluding carboxylic acids is 2. The lowest BCUT2D eigenvalue weighted by Gasteiger charge is -2.17. The zero-order valence-corrected chi connectivity index (χ0v) is 18.6. The van der Waals surface area contributed by atoms with E-state index in [1.165, 1.54) is 0 Å². The molecule has 178 valence electrons. The third kappa shape index (κ3) is 5.47. The largest absolute Gasteiger partial charge is 0.490 e. The van der Waals surface area contributed by atoms with Gasteiger partial charge in [-0.15, -0.1) is 0 Å². The molecule has 0 spiro atoms. The molecule has 4 atom stereocenters. The second-order valence-corrected chi connectivity index (χ2v) is 7.74. The summed E-state index contributed by atoms with van der Waals surface area (Å²) in [6.45, 7) is 8.16. The van der Waals surface area contributed by atoms with Gasteiger partial charge in [0.2, 0.25) is 0 Å². The van der Waals surface area contributed by atoms with Crippen LogP contribution in [0.25, 0.3) is 0 Å². The fourth-order valence-corrected chi connectivity index (χ4v) is 3.78. The van der Waals surface area contributed by atoms with Gasteiger partial charge in [-0.1, -0.05) is 37.4 Å². The molecule has 0 aliphatic carbocycles. The van der Waals surface area contributed by atoms with E-state index in [0.717, 1.165) is 0 Å². The molecule has 34 heavy (non-hydrogen) atoms. The molecule has 2 fully saturated rings. The number of carbonyl (C=O) groups is 2. The first-order valence-corrected chi connectivity index (χ1v) is 10.9. The molecule has 2 aromatic rings. The van der Waals surface area contributed by atoms with Crippen LogP contribution in [0.5, 0.6) is 11.5 Å². The molecule has 8 heteroatoms. The van der Waals surface area contributed by atoms with Crippen LogP contribution in [0.2, 0.25) is 0 Å². The minimum Gasteiger partial charge on any atom is -0.490 e. The van der Waals surface area contributed by atoms with Crippen LogP contribution in [0, 0.1) is 0 Å². The molecule has 0 unspecified atom stereocenters. The normalized spacial score (nSPS) is 22.9. The van der Waals surface area contributed by atoms with Crippen molar-refractivity contribution in [2.45, 2.75) is 24.4 Å². The van der Waals surface area contributed by atoms with Crippen LogP contribution >= 0.6 is 0 Å². The maximum atomic E-state index is 12.7. The van der Waals surface area contributed by atoms with E-state index in [-0.39, 0.29) is 13.2 Å². The Labute approximate surface area is 197 Å². The summed E-state index contributed by atoms with van der Waals surface area (Å²) in [5.41, 5.74) is 0.703. The van der Waals surface area contributed by atoms with Gasteiger partial charge < -0.3 is 28.4 Å². The van der Waals surface area contributed by atoms with Gasteiger partial charge in [-0.3, -0.25) is 0 Å². The maximum absolute atomic E-state index is 12.7. The Bertz CT molecular complexity index is 965. The third-order valence-electron chi connectivity index (χ3n) is 5.35. The molecule has 2 aliphatic heterocycles. The molecular formula is C26H26O8. The lowest BCUT2D eigenvalue weighted by Crippen LogP contribution is -2.36. The summed E-state index contributed by atoms with van der Waals surface area (Å²) >= 11 is 0. The van der Waals surface area contributed by atoms with E-state index in [1.807, 2.05) is 0 Å². The first-order valence-electron chi connectivity index (χ1n) is 10.9. The first kappa shape index (κ1) is 23.5. The van der Waals surface area contributed by atoms with Gasteiger partial charge in [0.25, 0.3) is 0 Å². The molecule has 0 radical (unpaired) electrons. The molecule has 2 saturated heterocycles. The van der Waals surface area contributed by atoms with Crippen molar-refractivity contribution in [1.82, 2.24) is 0 Å². The van der Waals surface area contributed by atoms with Crippen LogP contribution in [-0.2, 0) is 18.9 Å². The molecule has 4 rings (SSSR count). The smallest absolute Gasteiger partial charge is 0.338 e. The Hall–Kier alpha value is -3.62. The Morgan fingerprint density at radius 2 is 1.24 bits per heavy atom. The number of ether oxygens (including phenoxy) is 6. The SMILES string of the molecule is C=CCOc1cccc(C(=O)O[C@H]2CO[C@H]3[C@@H]2OC[C@H]3OC(=O)c2cccc(OCC=C)c2)c1. The van der Waals surface area contributed by atoms with Gasteiger partial charge in [0.15, 0.2) is 12.2 Å². The number of esters is 2. The lowest BCUT2D eigenvalue weighted by atomic mass is 10.1. The van der Waals surface area contributed by atoms with Crippen LogP contribution in [0.4, 0.5) is 0 Å². The quantitative estimate of drug-likeness (QED) is 0.389. The number of rotatable bonds is 10. The van der Waals surface area contributed by atoms with Crippen molar-refractivity contribution in [2.24, 2.45) is 0 Å². The highest BCUT2D eigenvalue weighted by molar-refractivity contribution is 5.90. The zero-order valence-electron chi connectivity index (χ0n) is 18.6. The Kier molecular flexibility index (Phi) is 7.61. The molecule has 0 amide bonds. The molecule has 0 aromatic heterocycles. The van der Waals surface area contributed by atoms with Gasteiger partial charge in [0.1, 0.15) is 36.9 Å². The molecule has 0 N–H and O–H groups in total. The Morgan fingerprint density at radius 3 is 1.65 bits per heavy atom. The van der Waals surface area contributed by atoms with E-state index in [9.17, 15) is 9.59 Å². The molecule has 2 aromatic carbocycles. The summed E-state index contributed by atoms with van der Waals surface area (Å²) in [5.74, 6) is 0.0493. The summed E-state index contributed by atoms with van der Waals surface area (Å²) in [6, 6.07) is 13.4. The van der Waals surface area contributed by atoms with E-state index in [2.05, 4.69) is 13.2 Å².